The first kappa shape index (κ1) is 19.3. The summed E-state index contributed by atoms with van der Waals surface area (Å²) in [7, 11) is -1.98. The Labute approximate surface area is 141 Å². The summed E-state index contributed by atoms with van der Waals surface area (Å²) < 4.78 is 18.6. The van der Waals surface area contributed by atoms with Crippen LogP contribution in [0.15, 0.2) is 0 Å². The minimum absolute atomic E-state index is 0.00275. The molecule has 23 heavy (non-hydrogen) atoms. The fourth-order valence-electron chi connectivity index (χ4n) is 3.14. The average Bonchev–Trinajstić information content (AvgIpc) is 2.65. The second-order valence-corrected chi connectivity index (χ2v) is 13.2. The van der Waals surface area contributed by atoms with E-state index >= 15 is 0 Å². The SMILES string of the molecule is CC(C)(C)[Si](C)(C)O[C@H]1CC[C@H]2OCCC[C@@H]2O[C@@H]1C(O)CO. The van der Waals surface area contributed by atoms with Gasteiger partial charge >= 0.3 is 0 Å². The number of hydrogen-bond donors (Lipinski definition) is 2. The minimum Gasteiger partial charge on any atom is -0.411 e. The Hall–Kier alpha value is 0.0169. The molecular weight excluding hydrogens is 312 g/mol. The van der Waals surface area contributed by atoms with Crippen LogP contribution in [0.1, 0.15) is 46.5 Å². The number of rotatable bonds is 4. The third kappa shape index (κ3) is 4.55. The van der Waals surface area contributed by atoms with Crippen LogP contribution in [0, 0.1) is 0 Å². The number of fused-ring (bicyclic) bond motifs is 1. The van der Waals surface area contributed by atoms with E-state index < -0.39 is 20.5 Å². The van der Waals surface area contributed by atoms with Crippen molar-refractivity contribution >= 4 is 8.32 Å². The van der Waals surface area contributed by atoms with Crippen molar-refractivity contribution in [1.82, 2.24) is 0 Å². The fraction of sp³-hybridized carbons (Fsp3) is 1.00. The van der Waals surface area contributed by atoms with Gasteiger partial charge in [-0.25, -0.2) is 0 Å². The molecule has 5 nitrogen and oxygen atoms in total. The number of ether oxygens (including phenoxy) is 2. The second kappa shape index (κ2) is 7.50. The van der Waals surface area contributed by atoms with Gasteiger partial charge in [0.1, 0.15) is 12.2 Å². The molecule has 0 radical (unpaired) electrons. The predicted octanol–water partition coefficient (Wildman–Crippen LogP) is 2.46. The van der Waals surface area contributed by atoms with Crippen LogP contribution >= 0.6 is 0 Å². The van der Waals surface area contributed by atoms with Crippen molar-refractivity contribution in [3.8, 4) is 0 Å². The summed E-state index contributed by atoms with van der Waals surface area (Å²) in [5, 5.41) is 19.8. The lowest BCUT2D eigenvalue weighted by Crippen LogP contribution is -2.51. The highest BCUT2D eigenvalue weighted by Crippen LogP contribution is 2.40. The highest BCUT2D eigenvalue weighted by molar-refractivity contribution is 6.74. The van der Waals surface area contributed by atoms with Gasteiger partial charge in [0.25, 0.3) is 0 Å². The molecule has 2 fully saturated rings. The number of hydrogen-bond acceptors (Lipinski definition) is 5. The van der Waals surface area contributed by atoms with Gasteiger partial charge < -0.3 is 24.1 Å². The Kier molecular flexibility index (Phi) is 6.30. The van der Waals surface area contributed by atoms with Gasteiger partial charge in [0, 0.05) is 6.61 Å². The average molecular weight is 347 g/mol. The largest absolute Gasteiger partial charge is 0.411 e. The zero-order chi connectivity index (χ0) is 17.3. The second-order valence-electron chi connectivity index (χ2n) is 8.43. The Morgan fingerprint density at radius 1 is 1.17 bits per heavy atom. The fourth-order valence-corrected chi connectivity index (χ4v) is 4.51. The lowest BCUT2D eigenvalue weighted by molar-refractivity contribution is -0.165. The summed E-state index contributed by atoms with van der Waals surface area (Å²) in [6.07, 6.45) is 2.13. The van der Waals surface area contributed by atoms with E-state index in [9.17, 15) is 10.2 Å². The smallest absolute Gasteiger partial charge is 0.192 e. The van der Waals surface area contributed by atoms with Crippen LogP contribution in [0.5, 0.6) is 0 Å². The molecule has 0 spiro atoms. The maximum Gasteiger partial charge on any atom is 0.192 e. The van der Waals surface area contributed by atoms with Crippen LogP contribution in [-0.4, -0.2) is 62.3 Å². The van der Waals surface area contributed by atoms with E-state index in [4.69, 9.17) is 13.9 Å². The van der Waals surface area contributed by atoms with Crippen molar-refractivity contribution in [2.75, 3.05) is 13.2 Å². The van der Waals surface area contributed by atoms with Gasteiger partial charge in [-0.2, -0.15) is 0 Å². The summed E-state index contributed by atoms with van der Waals surface area (Å²) >= 11 is 0. The normalized spacial score (nSPS) is 34.6. The molecule has 0 aliphatic carbocycles. The molecule has 0 aromatic carbocycles. The van der Waals surface area contributed by atoms with Gasteiger partial charge in [0.2, 0.25) is 0 Å². The highest BCUT2D eigenvalue weighted by atomic mass is 28.4. The molecule has 0 aromatic heterocycles. The van der Waals surface area contributed by atoms with E-state index in [1.165, 1.54) is 0 Å². The van der Waals surface area contributed by atoms with Crippen LogP contribution < -0.4 is 0 Å². The van der Waals surface area contributed by atoms with Gasteiger partial charge in [0.15, 0.2) is 8.32 Å². The molecule has 2 saturated heterocycles. The van der Waals surface area contributed by atoms with E-state index in [-0.39, 0.29) is 30.0 Å². The van der Waals surface area contributed by atoms with E-state index in [0.717, 1.165) is 32.3 Å². The molecule has 1 unspecified atom stereocenters. The van der Waals surface area contributed by atoms with Gasteiger partial charge in [-0.15, -0.1) is 0 Å². The summed E-state index contributed by atoms with van der Waals surface area (Å²) in [6, 6.07) is 0. The molecule has 6 heteroatoms. The van der Waals surface area contributed by atoms with Crippen molar-refractivity contribution in [1.29, 1.82) is 0 Å². The van der Waals surface area contributed by atoms with Crippen molar-refractivity contribution in [3.05, 3.63) is 0 Å². The lowest BCUT2D eigenvalue weighted by atomic mass is 10.0. The number of aliphatic hydroxyl groups excluding tert-OH is 2. The molecule has 2 rings (SSSR count). The van der Waals surface area contributed by atoms with Crippen LogP contribution in [0.25, 0.3) is 0 Å². The van der Waals surface area contributed by atoms with Crippen LogP contribution in [0.2, 0.25) is 18.1 Å². The Balaban J connectivity index is 2.17. The van der Waals surface area contributed by atoms with Crippen molar-refractivity contribution in [3.63, 3.8) is 0 Å². The lowest BCUT2D eigenvalue weighted by Gasteiger charge is -2.42. The monoisotopic (exact) mass is 346 g/mol. The molecule has 2 heterocycles. The van der Waals surface area contributed by atoms with E-state index in [2.05, 4.69) is 33.9 Å². The molecule has 0 saturated carbocycles. The third-order valence-electron chi connectivity index (χ3n) is 5.63. The van der Waals surface area contributed by atoms with Gasteiger partial charge in [-0.1, -0.05) is 20.8 Å². The topological polar surface area (TPSA) is 68.2 Å². The molecule has 0 amide bonds. The molecule has 2 aliphatic heterocycles. The first-order valence-corrected chi connectivity index (χ1v) is 11.8. The molecular formula is C17H34O5Si. The van der Waals surface area contributed by atoms with Crippen molar-refractivity contribution in [2.45, 2.75) is 95.1 Å². The third-order valence-corrected chi connectivity index (χ3v) is 10.1. The van der Waals surface area contributed by atoms with Gasteiger partial charge in [-0.3, -0.25) is 0 Å². The van der Waals surface area contributed by atoms with Crippen LogP contribution in [-0.2, 0) is 13.9 Å². The Morgan fingerprint density at radius 2 is 1.87 bits per heavy atom. The zero-order valence-electron chi connectivity index (χ0n) is 15.2. The van der Waals surface area contributed by atoms with Crippen LogP contribution in [0.4, 0.5) is 0 Å². The molecule has 0 aromatic rings. The molecule has 5 atom stereocenters. The van der Waals surface area contributed by atoms with E-state index in [1.54, 1.807) is 0 Å². The van der Waals surface area contributed by atoms with E-state index in [0.29, 0.717) is 0 Å². The standard InChI is InChI=1S/C17H34O5Si/c1-17(2,3)23(4,5)22-15-9-8-13-14(7-6-10-20-13)21-16(15)12(19)11-18/h12-16,18-19H,6-11H2,1-5H3/t12?,13-,14+,15+,16-/m1/s1. The summed E-state index contributed by atoms with van der Waals surface area (Å²) in [6.45, 7) is 11.5. The first-order chi connectivity index (χ1) is 10.7. The maximum atomic E-state index is 10.3. The summed E-state index contributed by atoms with van der Waals surface area (Å²) in [4.78, 5) is 0. The summed E-state index contributed by atoms with van der Waals surface area (Å²) in [5.74, 6) is 0. The molecule has 0 bridgehead atoms. The molecule has 2 aliphatic rings. The quantitative estimate of drug-likeness (QED) is 0.765. The van der Waals surface area contributed by atoms with Crippen molar-refractivity contribution < 1.29 is 24.1 Å². The van der Waals surface area contributed by atoms with Gasteiger partial charge in [0.05, 0.1) is 24.9 Å². The Bertz CT molecular complexity index is 382. The van der Waals surface area contributed by atoms with Gasteiger partial charge in [-0.05, 0) is 43.8 Å². The minimum atomic E-state index is -1.98. The summed E-state index contributed by atoms with van der Waals surface area (Å²) in [5.41, 5.74) is 0. The van der Waals surface area contributed by atoms with E-state index in [1.807, 2.05) is 0 Å². The molecule has 2 N–H and O–H groups in total. The molecule has 136 valence electrons. The predicted molar refractivity (Wildman–Crippen MR) is 92.0 cm³/mol. The Morgan fingerprint density at radius 3 is 2.48 bits per heavy atom. The van der Waals surface area contributed by atoms with Crippen molar-refractivity contribution in [2.24, 2.45) is 0 Å². The first-order valence-electron chi connectivity index (χ1n) is 8.89. The number of aliphatic hydroxyl groups is 2. The maximum absolute atomic E-state index is 10.3. The van der Waals surface area contributed by atoms with Crippen LogP contribution in [0.3, 0.4) is 0 Å². The highest BCUT2D eigenvalue weighted by Gasteiger charge is 2.45. The zero-order valence-corrected chi connectivity index (χ0v) is 16.2.